The van der Waals surface area contributed by atoms with Crippen LogP contribution < -0.4 is 4.74 Å². The van der Waals surface area contributed by atoms with Crippen molar-refractivity contribution >= 4 is 17.9 Å². The van der Waals surface area contributed by atoms with Crippen molar-refractivity contribution in [3.05, 3.63) is 82.6 Å². The minimum atomic E-state index is -0.558. The Hall–Kier alpha value is -4.44. The quantitative estimate of drug-likeness (QED) is 0.382. The zero-order valence-electron chi connectivity index (χ0n) is 20.2. The topological polar surface area (TPSA) is 88.2 Å². The Labute approximate surface area is 204 Å². The smallest absolute Gasteiger partial charge is 0.271 e. The fourth-order valence-corrected chi connectivity index (χ4v) is 4.15. The first-order valence-corrected chi connectivity index (χ1v) is 11.5. The van der Waals surface area contributed by atoms with E-state index in [4.69, 9.17) is 9.84 Å². The van der Waals surface area contributed by atoms with E-state index in [1.807, 2.05) is 74.6 Å². The average Bonchev–Trinajstić information content (AvgIpc) is 3.27. The van der Waals surface area contributed by atoms with Crippen LogP contribution in [0.4, 0.5) is 0 Å². The number of hydrogen-bond donors (Lipinski definition) is 0. The highest BCUT2D eigenvalue weighted by atomic mass is 16.5. The van der Waals surface area contributed by atoms with Gasteiger partial charge in [-0.2, -0.15) is 10.4 Å². The van der Waals surface area contributed by atoms with Crippen LogP contribution in [-0.2, 0) is 9.59 Å². The Balaban J connectivity index is 1.93. The summed E-state index contributed by atoms with van der Waals surface area (Å²) in [5.41, 5.74) is 4.77. The fourth-order valence-electron chi connectivity index (χ4n) is 4.15. The van der Waals surface area contributed by atoms with Gasteiger partial charge in [-0.3, -0.25) is 14.5 Å². The maximum Gasteiger partial charge on any atom is 0.271 e. The van der Waals surface area contributed by atoms with E-state index in [9.17, 15) is 14.9 Å². The molecule has 0 unspecified atom stereocenters. The molecule has 0 atom stereocenters. The van der Waals surface area contributed by atoms with E-state index >= 15 is 0 Å². The van der Waals surface area contributed by atoms with Crippen molar-refractivity contribution in [1.82, 2.24) is 14.7 Å². The molecule has 2 heterocycles. The third-order valence-corrected chi connectivity index (χ3v) is 5.97. The molecule has 35 heavy (non-hydrogen) atoms. The van der Waals surface area contributed by atoms with Crippen LogP contribution >= 0.6 is 0 Å². The molecule has 2 amide bonds. The number of hydrogen-bond acceptors (Lipinski definition) is 5. The van der Waals surface area contributed by atoms with Gasteiger partial charge in [0.25, 0.3) is 11.8 Å². The van der Waals surface area contributed by atoms with Crippen molar-refractivity contribution in [3.63, 3.8) is 0 Å². The van der Waals surface area contributed by atoms with E-state index in [1.165, 1.54) is 0 Å². The molecule has 176 valence electrons. The molecular formula is C28H26N4O3. The van der Waals surface area contributed by atoms with Crippen LogP contribution in [-0.4, -0.2) is 39.6 Å². The number of nitriles is 1. The third-order valence-electron chi connectivity index (χ3n) is 5.97. The van der Waals surface area contributed by atoms with Gasteiger partial charge in [0.2, 0.25) is 0 Å². The van der Waals surface area contributed by atoms with E-state index in [0.29, 0.717) is 29.0 Å². The van der Waals surface area contributed by atoms with Crippen LogP contribution in [0.2, 0.25) is 0 Å². The molecule has 2 aromatic carbocycles. The number of benzene rings is 2. The molecule has 7 nitrogen and oxygen atoms in total. The molecule has 0 fully saturated rings. The number of ether oxygens (including phenoxy) is 1. The fraction of sp³-hybridized carbons (Fsp3) is 0.214. The van der Waals surface area contributed by atoms with Crippen molar-refractivity contribution in [3.8, 4) is 28.8 Å². The normalized spacial score (nSPS) is 15.1. The average molecular weight is 467 g/mol. The summed E-state index contributed by atoms with van der Waals surface area (Å²) in [5.74, 6) is -0.207. The minimum Gasteiger partial charge on any atom is -0.494 e. The second kappa shape index (κ2) is 9.82. The maximum atomic E-state index is 13.2. The van der Waals surface area contributed by atoms with Gasteiger partial charge in [-0.05, 0) is 75.2 Å². The van der Waals surface area contributed by atoms with Crippen LogP contribution in [0.3, 0.4) is 0 Å². The highest BCUT2D eigenvalue weighted by molar-refractivity contribution is 6.19. The lowest BCUT2D eigenvalue weighted by Gasteiger charge is -2.26. The highest BCUT2D eigenvalue weighted by Gasteiger charge is 2.34. The summed E-state index contributed by atoms with van der Waals surface area (Å²) < 4.78 is 7.40. The van der Waals surface area contributed by atoms with Gasteiger partial charge in [-0.15, -0.1) is 0 Å². The van der Waals surface area contributed by atoms with Crippen LogP contribution in [0.25, 0.3) is 23.0 Å². The van der Waals surface area contributed by atoms with Crippen LogP contribution in [0, 0.1) is 18.3 Å². The largest absolute Gasteiger partial charge is 0.494 e. The predicted octanol–water partition coefficient (Wildman–Crippen LogP) is 4.86. The number of nitrogens with zero attached hydrogens (tertiary/aromatic N) is 4. The molecule has 1 aliphatic heterocycles. The van der Waals surface area contributed by atoms with Crippen molar-refractivity contribution in [2.75, 3.05) is 13.2 Å². The molecule has 0 bridgehead atoms. The molecule has 0 saturated heterocycles. The zero-order valence-corrected chi connectivity index (χ0v) is 20.2. The van der Waals surface area contributed by atoms with E-state index < -0.39 is 11.8 Å². The molecule has 0 radical (unpaired) electrons. The SMILES string of the molecule is CCOc1ccc(-c2nn(-c3ccccc3)cc2C=C2C(=O)N(CC)C(=O)C(C#N)=C2C)c(C)c1. The van der Waals surface area contributed by atoms with E-state index in [2.05, 4.69) is 0 Å². The highest BCUT2D eigenvalue weighted by Crippen LogP contribution is 2.33. The number of imide groups is 1. The van der Waals surface area contributed by atoms with Crippen LogP contribution in [0.15, 0.2) is 71.4 Å². The number of para-hydroxylation sites is 1. The number of aromatic nitrogens is 2. The molecular weight excluding hydrogens is 440 g/mol. The first-order valence-electron chi connectivity index (χ1n) is 11.5. The Kier molecular flexibility index (Phi) is 6.65. The number of amides is 2. The number of carbonyl (C=O) groups excluding carboxylic acids is 2. The van der Waals surface area contributed by atoms with Crippen molar-refractivity contribution in [2.24, 2.45) is 0 Å². The van der Waals surface area contributed by atoms with E-state index in [0.717, 1.165) is 27.5 Å². The van der Waals surface area contributed by atoms with Crippen molar-refractivity contribution in [1.29, 1.82) is 5.26 Å². The molecule has 0 spiro atoms. The monoisotopic (exact) mass is 466 g/mol. The first-order chi connectivity index (χ1) is 16.9. The lowest BCUT2D eigenvalue weighted by atomic mass is 9.93. The van der Waals surface area contributed by atoms with Gasteiger partial charge in [0.05, 0.1) is 12.3 Å². The van der Waals surface area contributed by atoms with Gasteiger partial charge in [0.1, 0.15) is 23.1 Å². The van der Waals surface area contributed by atoms with Gasteiger partial charge in [-0.1, -0.05) is 18.2 Å². The standard InChI is InChI=1S/C28H26N4O3/c1-5-31-27(33)24(19(4)25(16-29)28(31)34)15-20-17-32(21-10-8-7-9-11-21)30-26(20)23-13-12-22(35-6-2)14-18(23)3/h7-15,17H,5-6H2,1-4H3. The Bertz CT molecular complexity index is 1410. The summed E-state index contributed by atoms with van der Waals surface area (Å²) >= 11 is 0. The number of aryl methyl sites for hydroxylation is 1. The zero-order chi connectivity index (χ0) is 25.1. The van der Waals surface area contributed by atoms with Crippen molar-refractivity contribution in [2.45, 2.75) is 27.7 Å². The Morgan fingerprint density at radius 3 is 2.43 bits per heavy atom. The van der Waals surface area contributed by atoms with E-state index in [1.54, 1.807) is 24.6 Å². The van der Waals surface area contributed by atoms with Gasteiger partial charge in [0, 0.05) is 29.4 Å². The van der Waals surface area contributed by atoms with Crippen LogP contribution in [0.1, 0.15) is 31.9 Å². The third kappa shape index (κ3) is 4.38. The summed E-state index contributed by atoms with van der Waals surface area (Å²) in [5, 5.41) is 14.4. The van der Waals surface area contributed by atoms with Gasteiger partial charge >= 0.3 is 0 Å². The second-order valence-corrected chi connectivity index (χ2v) is 8.15. The number of rotatable bonds is 6. The predicted molar refractivity (Wildman–Crippen MR) is 134 cm³/mol. The molecule has 0 saturated carbocycles. The maximum absolute atomic E-state index is 13.2. The Morgan fingerprint density at radius 2 is 1.80 bits per heavy atom. The lowest BCUT2D eigenvalue weighted by molar-refractivity contribution is -0.140. The molecule has 0 aliphatic carbocycles. The number of likely N-dealkylation sites (N-methyl/N-ethyl adjacent to an activating group) is 1. The molecule has 1 aromatic heterocycles. The summed E-state index contributed by atoms with van der Waals surface area (Å²) in [4.78, 5) is 26.9. The molecule has 1 aliphatic rings. The summed E-state index contributed by atoms with van der Waals surface area (Å²) in [6, 6.07) is 17.5. The number of carbonyl (C=O) groups is 2. The van der Waals surface area contributed by atoms with Crippen LogP contribution in [0.5, 0.6) is 5.75 Å². The summed E-state index contributed by atoms with van der Waals surface area (Å²) in [6.45, 7) is 8.02. The molecule has 7 heteroatoms. The van der Waals surface area contributed by atoms with E-state index in [-0.39, 0.29) is 12.1 Å². The first kappa shape index (κ1) is 23.7. The Morgan fingerprint density at radius 1 is 1.06 bits per heavy atom. The summed E-state index contributed by atoms with van der Waals surface area (Å²) in [6.07, 6.45) is 3.58. The summed E-state index contributed by atoms with van der Waals surface area (Å²) in [7, 11) is 0. The lowest BCUT2D eigenvalue weighted by Crippen LogP contribution is -2.42. The van der Waals surface area contributed by atoms with Gasteiger partial charge in [-0.25, -0.2) is 4.68 Å². The van der Waals surface area contributed by atoms with Gasteiger partial charge in [0.15, 0.2) is 0 Å². The van der Waals surface area contributed by atoms with Crippen molar-refractivity contribution < 1.29 is 14.3 Å². The van der Waals surface area contributed by atoms with Gasteiger partial charge < -0.3 is 4.74 Å². The minimum absolute atomic E-state index is 0.0213. The second-order valence-electron chi connectivity index (χ2n) is 8.15. The molecule has 0 N–H and O–H groups in total. The molecule has 4 rings (SSSR count). The molecule has 3 aromatic rings.